The average Bonchev–Trinajstić information content (AvgIpc) is 2.54. The summed E-state index contributed by atoms with van der Waals surface area (Å²) in [7, 11) is 0. The zero-order valence-electron chi connectivity index (χ0n) is 8.68. The Morgan fingerprint density at radius 2 is 1.71 bits per heavy atom. The molecular formula is C11H18Cl2Si. The molecule has 0 N–H and O–H groups in total. The van der Waals surface area contributed by atoms with E-state index in [1.807, 2.05) is 6.55 Å². The molecule has 3 heteroatoms. The van der Waals surface area contributed by atoms with Gasteiger partial charge in [0.05, 0.1) is 0 Å². The predicted molar refractivity (Wildman–Crippen MR) is 68.4 cm³/mol. The molecule has 1 rings (SSSR count). The van der Waals surface area contributed by atoms with Crippen molar-refractivity contribution in [2.75, 3.05) is 0 Å². The molecule has 1 aliphatic carbocycles. The summed E-state index contributed by atoms with van der Waals surface area (Å²) in [4.78, 5) is 0. The topological polar surface area (TPSA) is 0 Å². The molecule has 0 amide bonds. The Morgan fingerprint density at radius 3 is 2.29 bits per heavy atom. The predicted octanol–water partition coefficient (Wildman–Crippen LogP) is 4.84. The van der Waals surface area contributed by atoms with Crippen molar-refractivity contribution in [2.45, 2.75) is 38.3 Å². The van der Waals surface area contributed by atoms with Crippen molar-refractivity contribution >= 4 is 28.9 Å². The molecule has 0 saturated heterocycles. The Hall–Kier alpha value is 0.277. The van der Waals surface area contributed by atoms with Gasteiger partial charge in [0.1, 0.15) is 0 Å². The van der Waals surface area contributed by atoms with Gasteiger partial charge in [0.15, 0.2) is 0 Å². The fourth-order valence-corrected chi connectivity index (χ4v) is 3.34. The highest BCUT2D eigenvalue weighted by Crippen LogP contribution is 2.24. The van der Waals surface area contributed by atoms with Gasteiger partial charge in [-0.25, -0.2) is 0 Å². The van der Waals surface area contributed by atoms with Crippen LogP contribution in [0.5, 0.6) is 0 Å². The van der Waals surface area contributed by atoms with E-state index in [9.17, 15) is 0 Å². The van der Waals surface area contributed by atoms with E-state index in [2.05, 4.69) is 24.3 Å². The normalized spacial score (nSPS) is 16.8. The van der Waals surface area contributed by atoms with Crippen molar-refractivity contribution in [1.82, 2.24) is 0 Å². The van der Waals surface area contributed by atoms with Crippen LogP contribution in [0.2, 0.25) is 12.6 Å². The van der Waals surface area contributed by atoms with Crippen LogP contribution >= 0.6 is 22.2 Å². The quantitative estimate of drug-likeness (QED) is 0.359. The highest BCUT2D eigenvalue weighted by molar-refractivity contribution is 7.44. The number of allylic oxidation sites excluding steroid dienone is 4. The maximum atomic E-state index is 6.02. The van der Waals surface area contributed by atoms with Crippen LogP contribution in [-0.2, 0) is 0 Å². The van der Waals surface area contributed by atoms with Crippen LogP contribution in [0.4, 0.5) is 0 Å². The van der Waals surface area contributed by atoms with E-state index >= 15 is 0 Å². The molecule has 0 spiro atoms. The lowest BCUT2D eigenvalue weighted by molar-refractivity contribution is 0.614. The average molecular weight is 249 g/mol. The van der Waals surface area contributed by atoms with Gasteiger partial charge in [0.2, 0.25) is 6.69 Å². The third-order valence-electron chi connectivity index (χ3n) is 2.48. The van der Waals surface area contributed by atoms with E-state index in [0.717, 1.165) is 6.04 Å². The molecule has 14 heavy (non-hydrogen) atoms. The van der Waals surface area contributed by atoms with Crippen molar-refractivity contribution in [3.8, 4) is 0 Å². The Kier molecular flexibility index (Phi) is 5.28. The summed E-state index contributed by atoms with van der Waals surface area (Å²) in [6, 6.07) is 1.03. The number of hydrogen-bond donors (Lipinski definition) is 0. The van der Waals surface area contributed by atoms with Crippen LogP contribution in [0.15, 0.2) is 24.3 Å². The summed E-state index contributed by atoms with van der Waals surface area (Å²) < 4.78 is 0. The maximum absolute atomic E-state index is 6.02. The van der Waals surface area contributed by atoms with Gasteiger partial charge in [-0.15, -0.1) is 22.2 Å². The monoisotopic (exact) mass is 248 g/mol. The number of halogens is 2. The second-order valence-electron chi connectivity index (χ2n) is 4.10. The molecule has 0 nitrogen and oxygen atoms in total. The number of hydrogen-bond acceptors (Lipinski definition) is 0. The standard InChI is InChI=1S/C11H18Cl2Si/c1-14(12,13)10-6-2-3-7-11-8-4-5-9-11/h4-5,8-9,11H,2-3,6-7,10H2,1H3. The summed E-state index contributed by atoms with van der Waals surface area (Å²) in [5, 5.41) is 0. The van der Waals surface area contributed by atoms with Crippen molar-refractivity contribution in [3.05, 3.63) is 24.3 Å². The molecule has 0 aromatic carbocycles. The minimum atomic E-state index is -1.82. The Morgan fingerprint density at radius 1 is 1.07 bits per heavy atom. The Balaban J connectivity index is 1.94. The minimum absolute atomic E-state index is 0.686. The summed E-state index contributed by atoms with van der Waals surface area (Å²) in [5.41, 5.74) is 0. The van der Waals surface area contributed by atoms with Crippen molar-refractivity contribution < 1.29 is 0 Å². The van der Waals surface area contributed by atoms with E-state index in [1.54, 1.807) is 0 Å². The lowest BCUT2D eigenvalue weighted by atomic mass is 10.0. The zero-order valence-corrected chi connectivity index (χ0v) is 11.2. The van der Waals surface area contributed by atoms with Crippen LogP contribution in [0.1, 0.15) is 25.7 Å². The second-order valence-corrected chi connectivity index (χ2v) is 12.3. The number of rotatable bonds is 6. The maximum Gasteiger partial charge on any atom is 0.248 e. The first-order chi connectivity index (χ1) is 6.58. The fraction of sp³-hybridized carbons (Fsp3) is 0.636. The largest absolute Gasteiger partial charge is 0.248 e. The second kappa shape index (κ2) is 5.99. The molecule has 0 bridgehead atoms. The Labute approximate surface area is 97.4 Å². The van der Waals surface area contributed by atoms with Gasteiger partial charge in [0, 0.05) is 0 Å². The molecule has 1 aliphatic rings. The van der Waals surface area contributed by atoms with Crippen LogP contribution in [0, 0.1) is 5.92 Å². The summed E-state index contributed by atoms with van der Waals surface area (Å²) in [5.74, 6) is 0.686. The molecule has 0 aliphatic heterocycles. The van der Waals surface area contributed by atoms with E-state index in [1.165, 1.54) is 25.7 Å². The highest BCUT2D eigenvalue weighted by atomic mass is 35.7. The third-order valence-corrected chi connectivity index (χ3v) is 4.85. The lowest BCUT2D eigenvalue weighted by Gasteiger charge is -2.09. The molecule has 80 valence electrons. The first-order valence-corrected chi connectivity index (χ1v) is 10.0. The van der Waals surface area contributed by atoms with Crippen LogP contribution in [-0.4, -0.2) is 6.69 Å². The molecular weight excluding hydrogens is 231 g/mol. The molecule has 0 unspecified atom stereocenters. The molecule has 0 heterocycles. The van der Waals surface area contributed by atoms with Crippen molar-refractivity contribution in [3.63, 3.8) is 0 Å². The van der Waals surface area contributed by atoms with Gasteiger partial charge in [-0.3, -0.25) is 0 Å². The summed E-state index contributed by atoms with van der Waals surface area (Å²) >= 11 is 12.0. The van der Waals surface area contributed by atoms with Gasteiger partial charge < -0.3 is 0 Å². The van der Waals surface area contributed by atoms with Gasteiger partial charge in [-0.2, -0.15) is 0 Å². The first kappa shape index (κ1) is 12.3. The molecule has 0 atom stereocenters. The Bertz CT molecular complexity index is 204. The smallest absolute Gasteiger partial charge is 0.146 e. The molecule has 0 radical (unpaired) electrons. The van der Waals surface area contributed by atoms with Crippen LogP contribution in [0.3, 0.4) is 0 Å². The van der Waals surface area contributed by atoms with Gasteiger partial charge in [-0.1, -0.05) is 43.6 Å². The van der Waals surface area contributed by atoms with Gasteiger partial charge >= 0.3 is 0 Å². The van der Waals surface area contributed by atoms with E-state index in [-0.39, 0.29) is 0 Å². The zero-order chi connectivity index (χ0) is 10.4. The van der Waals surface area contributed by atoms with E-state index < -0.39 is 6.69 Å². The lowest BCUT2D eigenvalue weighted by Crippen LogP contribution is -2.11. The van der Waals surface area contributed by atoms with E-state index in [4.69, 9.17) is 22.2 Å². The number of unbranched alkanes of at least 4 members (excludes halogenated alkanes) is 2. The van der Waals surface area contributed by atoms with Crippen molar-refractivity contribution in [2.24, 2.45) is 5.92 Å². The molecule has 0 aromatic heterocycles. The van der Waals surface area contributed by atoms with Crippen LogP contribution in [0.25, 0.3) is 0 Å². The van der Waals surface area contributed by atoms with Gasteiger partial charge in [0.25, 0.3) is 0 Å². The summed E-state index contributed by atoms with van der Waals surface area (Å²) in [6.07, 6.45) is 13.8. The van der Waals surface area contributed by atoms with Crippen LogP contribution < -0.4 is 0 Å². The van der Waals surface area contributed by atoms with Crippen molar-refractivity contribution in [1.29, 1.82) is 0 Å². The summed E-state index contributed by atoms with van der Waals surface area (Å²) in [6.45, 7) is 0.176. The molecule has 0 fully saturated rings. The van der Waals surface area contributed by atoms with Gasteiger partial charge in [-0.05, 0) is 24.9 Å². The van der Waals surface area contributed by atoms with E-state index in [0.29, 0.717) is 5.92 Å². The highest BCUT2D eigenvalue weighted by Gasteiger charge is 2.19. The first-order valence-electron chi connectivity index (χ1n) is 5.31. The molecule has 0 aromatic rings. The fourth-order valence-electron chi connectivity index (χ4n) is 1.66. The SMILES string of the molecule is C[Si](Cl)(Cl)CCCCCC1C=CC=C1. The third kappa shape index (κ3) is 5.89. The molecule has 0 saturated carbocycles. The minimum Gasteiger partial charge on any atom is -0.146 e.